The average molecular weight is 414 g/mol. The molecule has 0 aliphatic rings. The average Bonchev–Trinajstić information content (AvgIpc) is 2.80. The molecule has 8 heteroatoms. The first-order valence-corrected chi connectivity index (χ1v) is 9.58. The quantitative estimate of drug-likeness (QED) is 0.339. The van der Waals surface area contributed by atoms with Gasteiger partial charge in [-0.25, -0.2) is 20.4 Å². The van der Waals surface area contributed by atoms with Crippen molar-refractivity contribution in [2.75, 3.05) is 10.6 Å². The van der Waals surface area contributed by atoms with Crippen LogP contribution < -0.4 is 21.5 Å². The molecule has 0 radical (unpaired) electrons. The topological polar surface area (TPSA) is 107 Å². The van der Waals surface area contributed by atoms with Gasteiger partial charge in [0.15, 0.2) is 0 Å². The summed E-state index contributed by atoms with van der Waals surface area (Å²) in [5.74, 6) is 0. The molecular weight excluding hydrogens is 392 g/mol. The molecule has 0 fully saturated rings. The van der Waals surface area contributed by atoms with Crippen molar-refractivity contribution in [2.24, 2.45) is 10.2 Å². The highest BCUT2D eigenvalue weighted by Crippen LogP contribution is 2.06. The summed E-state index contributed by atoms with van der Waals surface area (Å²) in [6.45, 7) is 0. The molecule has 0 saturated carbocycles. The van der Waals surface area contributed by atoms with E-state index in [0.29, 0.717) is 23.5 Å². The third kappa shape index (κ3) is 7.47. The molecule has 3 rings (SSSR count). The van der Waals surface area contributed by atoms with Crippen molar-refractivity contribution in [2.45, 2.75) is 6.42 Å². The minimum absolute atomic E-state index is 0.293. The smallest absolute Gasteiger partial charge is 0.307 e. The third-order valence-electron chi connectivity index (χ3n) is 4.00. The molecule has 3 aromatic rings. The molecule has 0 unspecified atom stereocenters. The predicted molar refractivity (Wildman–Crippen MR) is 123 cm³/mol. The molecule has 0 saturated heterocycles. The highest BCUT2D eigenvalue weighted by atomic mass is 16.2. The lowest BCUT2D eigenvalue weighted by Crippen LogP contribution is -2.26. The molecule has 4 N–H and O–H groups in total. The number of para-hydroxylation sites is 2. The van der Waals surface area contributed by atoms with Gasteiger partial charge in [-0.3, -0.25) is 0 Å². The lowest BCUT2D eigenvalue weighted by atomic mass is 10.1. The molecule has 0 aliphatic heterocycles. The minimum atomic E-state index is -0.461. The molecule has 0 spiro atoms. The maximum Gasteiger partial charge on any atom is 0.339 e. The number of nitrogens with zero attached hydrogens (tertiary/aromatic N) is 2. The highest BCUT2D eigenvalue weighted by molar-refractivity contribution is 6.08. The van der Waals surface area contributed by atoms with E-state index < -0.39 is 12.1 Å². The number of rotatable bonds is 7. The Labute approximate surface area is 180 Å². The van der Waals surface area contributed by atoms with Crippen molar-refractivity contribution in [3.05, 3.63) is 96.6 Å². The fraction of sp³-hybridized carbons (Fsp3) is 0.0435. The van der Waals surface area contributed by atoms with E-state index in [2.05, 4.69) is 31.7 Å². The van der Waals surface area contributed by atoms with Crippen LogP contribution >= 0.6 is 0 Å². The van der Waals surface area contributed by atoms with Gasteiger partial charge in [0.05, 0.1) is 5.71 Å². The van der Waals surface area contributed by atoms with Gasteiger partial charge in [-0.15, -0.1) is 0 Å². The second kappa shape index (κ2) is 11.5. The summed E-state index contributed by atoms with van der Waals surface area (Å²) < 4.78 is 0. The fourth-order valence-electron chi connectivity index (χ4n) is 2.57. The van der Waals surface area contributed by atoms with Crippen molar-refractivity contribution in [1.82, 2.24) is 10.9 Å². The first-order chi connectivity index (χ1) is 15.2. The summed E-state index contributed by atoms with van der Waals surface area (Å²) in [6.07, 6.45) is 1.80. The molecule has 0 aliphatic carbocycles. The number of hydrogen-bond acceptors (Lipinski definition) is 4. The van der Waals surface area contributed by atoms with Crippen LogP contribution in [0.2, 0.25) is 0 Å². The van der Waals surface area contributed by atoms with E-state index in [4.69, 9.17) is 0 Å². The Morgan fingerprint density at radius 1 is 0.677 bits per heavy atom. The molecule has 0 bridgehead atoms. The van der Waals surface area contributed by atoms with Crippen LogP contribution in [0.15, 0.2) is 101 Å². The monoisotopic (exact) mass is 414 g/mol. The lowest BCUT2D eigenvalue weighted by molar-refractivity contribution is 0.252. The number of hydrogen-bond donors (Lipinski definition) is 4. The van der Waals surface area contributed by atoms with Gasteiger partial charge in [-0.1, -0.05) is 66.7 Å². The van der Waals surface area contributed by atoms with Crippen LogP contribution in [0.4, 0.5) is 21.0 Å². The van der Waals surface area contributed by atoms with Gasteiger partial charge >= 0.3 is 12.1 Å². The van der Waals surface area contributed by atoms with Crippen molar-refractivity contribution < 1.29 is 9.59 Å². The summed E-state index contributed by atoms with van der Waals surface area (Å²) in [7, 11) is 0. The van der Waals surface area contributed by atoms with E-state index in [1.165, 1.54) is 6.21 Å². The fourth-order valence-corrected chi connectivity index (χ4v) is 2.57. The largest absolute Gasteiger partial charge is 0.339 e. The van der Waals surface area contributed by atoms with Crippen molar-refractivity contribution >= 4 is 35.4 Å². The molecule has 31 heavy (non-hydrogen) atoms. The summed E-state index contributed by atoms with van der Waals surface area (Å²) in [6, 6.07) is 26.6. The third-order valence-corrected chi connectivity index (χ3v) is 4.00. The zero-order chi connectivity index (χ0) is 21.7. The number of urea groups is 2. The van der Waals surface area contributed by atoms with E-state index in [0.717, 1.165) is 5.56 Å². The van der Waals surface area contributed by atoms with Crippen LogP contribution in [-0.2, 0) is 0 Å². The molecule has 0 heterocycles. The number of carbonyl (C=O) groups excluding carboxylic acids is 2. The Morgan fingerprint density at radius 2 is 1.16 bits per heavy atom. The molecule has 4 amide bonds. The zero-order valence-corrected chi connectivity index (χ0v) is 16.7. The summed E-state index contributed by atoms with van der Waals surface area (Å²) in [5.41, 5.74) is 7.61. The molecule has 8 nitrogen and oxygen atoms in total. The SMILES string of the molecule is O=C(N/N=C/C/C(=N\NC(=O)Nc1ccccc1)c1ccccc1)Nc1ccccc1. The van der Waals surface area contributed by atoms with Gasteiger partial charge in [-0.2, -0.15) is 10.2 Å². The molecule has 0 aromatic heterocycles. The summed E-state index contributed by atoms with van der Waals surface area (Å²) in [5, 5.41) is 13.5. The number of carbonyl (C=O) groups is 2. The lowest BCUT2D eigenvalue weighted by Gasteiger charge is -2.07. The first-order valence-electron chi connectivity index (χ1n) is 9.58. The standard InChI is InChI=1S/C23H22N6O2/c30-22(25-19-12-6-2-7-13-19)28-24-17-16-21(18-10-4-1-5-11-18)27-29-23(31)26-20-14-8-3-9-15-20/h1-15,17H,16H2,(H2,25,28,30)(H2,26,29,31)/b24-17+,27-21+. The number of amides is 4. The van der Waals surface area contributed by atoms with Crippen LogP contribution in [0.1, 0.15) is 12.0 Å². The highest BCUT2D eigenvalue weighted by Gasteiger charge is 2.05. The van der Waals surface area contributed by atoms with E-state index in [1.807, 2.05) is 66.7 Å². The maximum absolute atomic E-state index is 12.1. The number of nitrogens with one attached hydrogen (secondary N) is 4. The Kier molecular flexibility index (Phi) is 7.90. The number of benzene rings is 3. The zero-order valence-electron chi connectivity index (χ0n) is 16.7. The van der Waals surface area contributed by atoms with Gasteiger partial charge in [0, 0.05) is 24.0 Å². The van der Waals surface area contributed by atoms with E-state index in [-0.39, 0.29) is 0 Å². The maximum atomic E-state index is 12.1. The van der Waals surface area contributed by atoms with Crippen LogP contribution in [0, 0.1) is 0 Å². The Balaban J connectivity index is 1.57. The molecule has 0 atom stereocenters. The van der Waals surface area contributed by atoms with E-state index >= 15 is 0 Å². The van der Waals surface area contributed by atoms with Crippen LogP contribution in [0.5, 0.6) is 0 Å². The molecular formula is C23H22N6O2. The van der Waals surface area contributed by atoms with Crippen LogP contribution in [0.25, 0.3) is 0 Å². The van der Waals surface area contributed by atoms with Gasteiger partial charge in [0.2, 0.25) is 0 Å². The second-order valence-electron chi connectivity index (χ2n) is 6.30. The second-order valence-corrected chi connectivity index (χ2v) is 6.30. The van der Waals surface area contributed by atoms with Gasteiger partial charge < -0.3 is 10.6 Å². The normalized spacial score (nSPS) is 11.0. The summed E-state index contributed by atoms with van der Waals surface area (Å²) in [4.78, 5) is 24.0. The Hall–Kier alpha value is -4.46. The summed E-state index contributed by atoms with van der Waals surface area (Å²) >= 11 is 0. The van der Waals surface area contributed by atoms with Gasteiger partial charge in [0.25, 0.3) is 0 Å². The number of hydrazone groups is 2. The minimum Gasteiger partial charge on any atom is -0.307 e. The van der Waals surface area contributed by atoms with Crippen molar-refractivity contribution in [3.63, 3.8) is 0 Å². The van der Waals surface area contributed by atoms with Gasteiger partial charge in [-0.05, 0) is 29.8 Å². The number of anilines is 2. The predicted octanol–water partition coefficient (Wildman–Crippen LogP) is 4.41. The Bertz CT molecular complexity index is 1040. The van der Waals surface area contributed by atoms with Gasteiger partial charge in [0.1, 0.15) is 0 Å². The first kappa shape index (κ1) is 21.3. The molecule has 3 aromatic carbocycles. The van der Waals surface area contributed by atoms with Crippen molar-refractivity contribution in [1.29, 1.82) is 0 Å². The van der Waals surface area contributed by atoms with E-state index in [1.54, 1.807) is 24.3 Å². The van der Waals surface area contributed by atoms with E-state index in [9.17, 15) is 9.59 Å². The van der Waals surface area contributed by atoms with Crippen LogP contribution in [0.3, 0.4) is 0 Å². The van der Waals surface area contributed by atoms with Crippen molar-refractivity contribution in [3.8, 4) is 0 Å². The van der Waals surface area contributed by atoms with Crippen LogP contribution in [-0.4, -0.2) is 24.0 Å². The molecule has 156 valence electrons. The Morgan fingerprint density at radius 3 is 1.71 bits per heavy atom.